The van der Waals surface area contributed by atoms with Gasteiger partial charge in [0.2, 0.25) is 0 Å². The highest BCUT2D eigenvalue weighted by molar-refractivity contribution is 5.86. The van der Waals surface area contributed by atoms with E-state index in [-0.39, 0.29) is 0 Å². The second-order valence-corrected chi connectivity index (χ2v) is 5.01. The van der Waals surface area contributed by atoms with Gasteiger partial charge in [-0.15, -0.1) is 0 Å². The van der Waals surface area contributed by atoms with Gasteiger partial charge in [0.05, 0.1) is 33.4 Å². The molecule has 0 aromatic carbocycles. The smallest absolute Gasteiger partial charge is 0.0863 e. The average Bonchev–Trinajstić information content (AvgIpc) is 2.02. The van der Waals surface area contributed by atoms with Crippen LogP contribution in [0.2, 0.25) is 0 Å². The quantitative estimate of drug-likeness (QED) is 0.396. The summed E-state index contributed by atoms with van der Waals surface area (Å²) in [5.41, 5.74) is 1.01. The Hall–Kier alpha value is -0.570. The van der Waals surface area contributed by atoms with E-state index < -0.39 is 0 Å². The van der Waals surface area contributed by atoms with Crippen LogP contribution >= 0.6 is 0 Å². The van der Waals surface area contributed by atoms with Crippen LogP contribution in [0.5, 0.6) is 0 Å². The van der Waals surface area contributed by atoms with Crippen LogP contribution < -0.4 is 0 Å². The highest BCUT2D eigenvalue weighted by Crippen LogP contribution is 2.23. The third kappa shape index (κ3) is 3.35. The van der Waals surface area contributed by atoms with Gasteiger partial charge in [0.15, 0.2) is 0 Å². The first-order valence-corrected chi connectivity index (χ1v) is 5.04. The lowest BCUT2D eigenvalue weighted by Crippen LogP contribution is -2.42. The molecule has 1 aliphatic rings. The van der Waals surface area contributed by atoms with Gasteiger partial charge in [-0.2, -0.15) is 0 Å². The molecule has 1 saturated carbocycles. The molecule has 0 amide bonds. The zero-order chi connectivity index (χ0) is 9.90. The van der Waals surface area contributed by atoms with Gasteiger partial charge in [-0.1, -0.05) is 11.6 Å². The predicted molar refractivity (Wildman–Crippen MR) is 54.1 cm³/mol. The topological polar surface area (TPSA) is 32.6 Å². The van der Waals surface area contributed by atoms with Gasteiger partial charge in [-0.25, -0.2) is 0 Å². The summed E-state index contributed by atoms with van der Waals surface area (Å²) in [6.07, 6.45) is 4.65. The van der Waals surface area contributed by atoms with Crippen molar-refractivity contribution in [2.45, 2.75) is 25.7 Å². The number of quaternary nitrogens is 1. The van der Waals surface area contributed by atoms with E-state index in [1.165, 1.54) is 19.3 Å². The molecule has 3 heteroatoms. The maximum Gasteiger partial charge on any atom is 0.0863 e. The van der Waals surface area contributed by atoms with Gasteiger partial charge in [0, 0.05) is 5.92 Å². The van der Waals surface area contributed by atoms with Gasteiger partial charge < -0.3 is 9.69 Å². The summed E-state index contributed by atoms with van der Waals surface area (Å²) in [5, 5.41) is 12.3. The normalized spacial score (nSPS) is 27.9. The number of hydrogen-bond acceptors (Lipinski definition) is 2. The first-order chi connectivity index (χ1) is 6.03. The fourth-order valence-electron chi connectivity index (χ4n) is 2.06. The maximum atomic E-state index is 8.84. The standard InChI is InChI=1S/C10H20N2O/c1-12(2,3)8-9-6-4-5-7-10(9)11-13/h9H,4-8H2,1-3H3/p+1/b11-10-/t9-/m0/s1. The van der Waals surface area contributed by atoms with E-state index in [4.69, 9.17) is 5.21 Å². The van der Waals surface area contributed by atoms with Gasteiger partial charge in [-0.3, -0.25) is 0 Å². The molecule has 0 aromatic rings. The van der Waals surface area contributed by atoms with Crippen LogP contribution in [0.25, 0.3) is 0 Å². The molecule has 76 valence electrons. The summed E-state index contributed by atoms with van der Waals surface area (Å²) in [6, 6.07) is 0. The van der Waals surface area contributed by atoms with E-state index in [9.17, 15) is 0 Å². The Morgan fingerprint density at radius 1 is 1.38 bits per heavy atom. The highest BCUT2D eigenvalue weighted by Gasteiger charge is 2.26. The lowest BCUT2D eigenvalue weighted by molar-refractivity contribution is -0.872. The molecule has 0 radical (unpaired) electrons. The molecule has 0 unspecified atom stereocenters. The molecule has 0 aromatic heterocycles. The first-order valence-electron chi connectivity index (χ1n) is 5.04. The summed E-state index contributed by atoms with van der Waals surface area (Å²) in [4.78, 5) is 0. The number of nitrogens with zero attached hydrogens (tertiary/aromatic N) is 2. The first kappa shape index (κ1) is 10.5. The lowest BCUT2D eigenvalue weighted by atomic mass is 9.86. The summed E-state index contributed by atoms with van der Waals surface area (Å²) in [5.74, 6) is 0.499. The Kier molecular flexibility index (Phi) is 3.31. The summed E-state index contributed by atoms with van der Waals surface area (Å²) < 4.78 is 0.948. The minimum Gasteiger partial charge on any atom is -0.411 e. The summed E-state index contributed by atoms with van der Waals surface area (Å²) in [6.45, 7) is 1.08. The molecule has 1 rings (SSSR count). The molecule has 0 heterocycles. The van der Waals surface area contributed by atoms with Crippen molar-refractivity contribution in [1.29, 1.82) is 0 Å². The van der Waals surface area contributed by atoms with E-state index in [1.54, 1.807) is 0 Å². The van der Waals surface area contributed by atoms with Crippen molar-refractivity contribution >= 4 is 5.71 Å². The average molecular weight is 185 g/mol. The molecule has 13 heavy (non-hydrogen) atoms. The second kappa shape index (κ2) is 4.09. The van der Waals surface area contributed by atoms with Gasteiger partial charge in [0.1, 0.15) is 0 Å². The molecule has 0 aliphatic heterocycles. The van der Waals surface area contributed by atoms with Gasteiger partial charge in [0.25, 0.3) is 0 Å². The van der Waals surface area contributed by atoms with Gasteiger partial charge in [-0.05, 0) is 19.3 Å². The minimum atomic E-state index is 0.499. The van der Waals surface area contributed by atoms with Crippen LogP contribution in [0.15, 0.2) is 5.16 Å². The SMILES string of the molecule is C[N+](C)(C)C[C@@H]1CCCC/C1=N/O. The molecule has 1 fully saturated rings. The van der Waals surface area contributed by atoms with Crippen molar-refractivity contribution < 1.29 is 9.69 Å². The maximum absolute atomic E-state index is 8.84. The Balaban J connectivity index is 2.56. The molecule has 1 aliphatic carbocycles. The fraction of sp³-hybridized carbons (Fsp3) is 0.900. The third-order valence-corrected chi connectivity index (χ3v) is 2.60. The van der Waals surface area contributed by atoms with Crippen LogP contribution in [0, 0.1) is 5.92 Å². The van der Waals surface area contributed by atoms with Crippen LogP contribution in [-0.4, -0.2) is 43.1 Å². The fourth-order valence-corrected chi connectivity index (χ4v) is 2.06. The molecular weight excluding hydrogens is 164 g/mol. The van der Waals surface area contributed by atoms with Crippen LogP contribution in [0.1, 0.15) is 25.7 Å². The zero-order valence-electron chi connectivity index (χ0n) is 8.95. The van der Waals surface area contributed by atoms with Crippen LogP contribution in [0.4, 0.5) is 0 Å². The van der Waals surface area contributed by atoms with Crippen molar-refractivity contribution in [3.05, 3.63) is 0 Å². The molecule has 1 N–H and O–H groups in total. The van der Waals surface area contributed by atoms with Crippen molar-refractivity contribution in [1.82, 2.24) is 0 Å². The van der Waals surface area contributed by atoms with Crippen molar-refractivity contribution in [3.63, 3.8) is 0 Å². The monoisotopic (exact) mass is 185 g/mol. The summed E-state index contributed by atoms with van der Waals surface area (Å²) in [7, 11) is 6.55. The number of oxime groups is 1. The summed E-state index contributed by atoms with van der Waals surface area (Å²) >= 11 is 0. The van der Waals surface area contributed by atoms with E-state index in [1.807, 2.05) is 0 Å². The Morgan fingerprint density at radius 3 is 2.62 bits per heavy atom. The van der Waals surface area contributed by atoms with Crippen molar-refractivity contribution in [3.8, 4) is 0 Å². The molecule has 0 spiro atoms. The van der Waals surface area contributed by atoms with Crippen molar-refractivity contribution in [2.24, 2.45) is 11.1 Å². The minimum absolute atomic E-state index is 0.499. The lowest BCUT2D eigenvalue weighted by Gasteiger charge is -2.31. The number of hydrogen-bond donors (Lipinski definition) is 1. The van der Waals surface area contributed by atoms with E-state index >= 15 is 0 Å². The van der Waals surface area contributed by atoms with E-state index in [0.29, 0.717) is 5.92 Å². The molecule has 3 nitrogen and oxygen atoms in total. The molecular formula is C10H21N2O+. The Bertz CT molecular complexity index is 194. The second-order valence-electron chi connectivity index (χ2n) is 5.01. The predicted octanol–water partition coefficient (Wildman–Crippen LogP) is 1.71. The molecule has 0 bridgehead atoms. The Morgan fingerprint density at radius 2 is 2.08 bits per heavy atom. The third-order valence-electron chi connectivity index (χ3n) is 2.60. The van der Waals surface area contributed by atoms with E-state index in [2.05, 4.69) is 26.3 Å². The molecule has 0 saturated heterocycles. The van der Waals surface area contributed by atoms with Crippen LogP contribution in [0.3, 0.4) is 0 Å². The highest BCUT2D eigenvalue weighted by atomic mass is 16.4. The Labute approximate surface area is 80.6 Å². The van der Waals surface area contributed by atoms with Crippen molar-refractivity contribution in [2.75, 3.05) is 27.7 Å². The molecule has 1 atom stereocenters. The van der Waals surface area contributed by atoms with Gasteiger partial charge >= 0.3 is 0 Å². The largest absolute Gasteiger partial charge is 0.411 e. The zero-order valence-corrected chi connectivity index (χ0v) is 8.95. The van der Waals surface area contributed by atoms with E-state index in [0.717, 1.165) is 23.2 Å². The number of rotatable bonds is 2. The van der Waals surface area contributed by atoms with Crippen LogP contribution in [-0.2, 0) is 0 Å².